The molecule has 0 fully saturated rings. The molecule has 8 heteroatoms. The molecule has 1 aromatic rings. The molecule has 132 valence electrons. The Bertz CT molecular complexity index is 668. The zero-order valence-corrected chi connectivity index (χ0v) is 14.1. The Kier molecular flexibility index (Phi) is 8.14. The lowest BCUT2D eigenvalue weighted by Crippen LogP contribution is -2.25. The third-order valence-electron chi connectivity index (χ3n) is 3.20. The monoisotopic (exact) mass is 354 g/mol. The van der Waals surface area contributed by atoms with Crippen molar-refractivity contribution >= 4 is 21.9 Å². The molecule has 0 radical (unpaired) electrons. The van der Waals surface area contributed by atoms with E-state index in [0.717, 1.165) is 6.42 Å². The van der Waals surface area contributed by atoms with E-state index in [2.05, 4.69) is 16.6 Å². The van der Waals surface area contributed by atoms with E-state index in [1.807, 2.05) is 0 Å². The van der Waals surface area contributed by atoms with Crippen LogP contribution in [0.15, 0.2) is 41.8 Å². The third kappa shape index (κ3) is 6.93. The summed E-state index contributed by atoms with van der Waals surface area (Å²) in [6, 6.07) is 5.63. The molecule has 1 aromatic carbocycles. The molecule has 1 amide bonds. The molecular formula is C16H22N2O5S. The molecule has 24 heavy (non-hydrogen) atoms. The molecular weight excluding hydrogens is 332 g/mol. The summed E-state index contributed by atoms with van der Waals surface area (Å²) in [7, 11) is -3.60. The van der Waals surface area contributed by atoms with Gasteiger partial charge in [-0.1, -0.05) is 12.5 Å². The summed E-state index contributed by atoms with van der Waals surface area (Å²) in [5.41, 5.74) is 0.364. The maximum atomic E-state index is 11.9. The van der Waals surface area contributed by atoms with Gasteiger partial charge in [0.15, 0.2) is 0 Å². The first-order valence-electron chi connectivity index (χ1n) is 7.57. The van der Waals surface area contributed by atoms with Gasteiger partial charge in [-0.05, 0) is 37.1 Å². The zero-order chi connectivity index (χ0) is 18.0. The van der Waals surface area contributed by atoms with Gasteiger partial charge in [0, 0.05) is 25.1 Å². The molecule has 0 bridgehead atoms. The van der Waals surface area contributed by atoms with Crippen LogP contribution in [-0.4, -0.2) is 38.5 Å². The van der Waals surface area contributed by atoms with Gasteiger partial charge in [0.2, 0.25) is 10.0 Å². The lowest BCUT2D eigenvalue weighted by Gasteiger charge is -2.07. The Morgan fingerprint density at radius 1 is 1.12 bits per heavy atom. The van der Waals surface area contributed by atoms with Crippen molar-refractivity contribution in [3.05, 3.63) is 42.5 Å². The van der Waals surface area contributed by atoms with Crippen molar-refractivity contribution in [3.8, 4) is 0 Å². The highest BCUT2D eigenvalue weighted by atomic mass is 32.2. The summed E-state index contributed by atoms with van der Waals surface area (Å²) < 4.78 is 26.1. The molecule has 0 saturated heterocycles. The van der Waals surface area contributed by atoms with Crippen LogP contribution in [0.5, 0.6) is 0 Å². The highest BCUT2D eigenvalue weighted by Gasteiger charge is 2.13. The highest BCUT2D eigenvalue weighted by molar-refractivity contribution is 7.89. The van der Waals surface area contributed by atoms with Crippen LogP contribution in [0.1, 0.15) is 36.0 Å². The quantitative estimate of drug-likeness (QED) is 0.412. The van der Waals surface area contributed by atoms with Gasteiger partial charge < -0.3 is 10.4 Å². The molecule has 0 aliphatic heterocycles. The van der Waals surface area contributed by atoms with Gasteiger partial charge in [-0.15, -0.1) is 6.58 Å². The Labute approximate surface area is 141 Å². The van der Waals surface area contributed by atoms with Gasteiger partial charge >= 0.3 is 5.97 Å². The molecule has 0 spiro atoms. The number of hydrogen-bond donors (Lipinski definition) is 3. The topological polar surface area (TPSA) is 113 Å². The van der Waals surface area contributed by atoms with Gasteiger partial charge in [0.1, 0.15) is 0 Å². The first-order valence-corrected chi connectivity index (χ1v) is 9.06. The lowest BCUT2D eigenvalue weighted by atomic mass is 10.2. The number of carbonyl (C=O) groups is 2. The number of carboxylic acid groups (broad SMARTS) is 1. The Morgan fingerprint density at radius 2 is 1.79 bits per heavy atom. The standard InChI is InChI=1S/C16H22N2O5S/c1-2-11-18-24(22,23)14-9-7-13(8-10-14)16(21)17-12-5-3-4-6-15(19)20/h2,7-10,18H,1,3-6,11-12H2,(H,17,21)(H,19,20). The number of unbranched alkanes of at least 4 members (excludes halogenated alkanes) is 2. The van der Waals surface area contributed by atoms with E-state index >= 15 is 0 Å². The summed E-state index contributed by atoms with van der Waals surface area (Å²) in [5, 5.41) is 11.2. The van der Waals surface area contributed by atoms with Crippen LogP contribution in [-0.2, 0) is 14.8 Å². The van der Waals surface area contributed by atoms with Crippen LogP contribution in [0.3, 0.4) is 0 Å². The number of amides is 1. The number of aliphatic carboxylic acids is 1. The number of sulfonamides is 1. The third-order valence-corrected chi connectivity index (χ3v) is 4.64. The summed E-state index contributed by atoms with van der Waals surface area (Å²) in [6.45, 7) is 4.02. The summed E-state index contributed by atoms with van der Waals surface area (Å²) in [6.07, 6.45) is 3.56. The average molecular weight is 354 g/mol. The largest absolute Gasteiger partial charge is 0.481 e. The fraction of sp³-hybridized carbons (Fsp3) is 0.375. The van der Waals surface area contributed by atoms with Crippen molar-refractivity contribution in [1.82, 2.24) is 10.0 Å². The zero-order valence-electron chi connectivity index (χ0n) is 13.3. The molecule has 0 aliphatic carbocycles. The number of carboxylic acids is 1. The average Bonchev–Trinajstić information content (AvgIpc) is 2.56. The van der Waals surface area contributed by atoms with Crippen LogP contribution >= 0.6 is 0 Å². The number of rotatable bonds is 11. The van der Waals surface area contributed by atoms with E-state index < -0.39 is 16.0 Å². The van der Waals surface area contributed by atoms with E-state index in [1.165, 1.54) is 30.3 Å². The first kappa shape index (κ1) is 19.9. The molecule has 0 aromatic heterocycles. The smallest absolute Gasteiger partial charge is 0.303 e. The highest BCUT2D eigenvalue weighted by Crippen LogP contribution is 2.10. The Balaban J connectivity index is 2.46. The summed E-state index contributed by atoms with van der Waals surface area (Å²) in [4.78, 5) is 22.4. The number of carbonyl (C=O) groups excluding carboxylic acids is 1. The summed E-state index contributed by atoms with van der Waals surface area (Å²) in [5.74, 6) is -1.12. The molecule has 0 heterocycles. The minimum absolute atomic E-state index is 0.0783. The second-order valence-electron chi connectivity index (χ2n) is 5.13. The Hall–Kier alpha value is -2.19. The second kappa shape index (κ2) is 9.84. The molecule has 0 saturated carbocycles. The maximum Gasteiger partial charge on any atom is 0.303 e. The van der Waals surface area contributed by atoms with Crippen molar-refractivity contribution in [1.29, 1.82) is 0 Å². The second-order valence-corrected chi connectivity index (χ2v) is 6.89. The molecule has 0 aliphatic rings. The van der Waals surface area contributed by atoms with Crippen LogP contribution in [0.2, 0.25) is 0 Å². The number of benzene rings is 1. The van der Waals surface area contributed by atoms with Gasteiger partial charge in [-0.3, -0.25) is 9.59 Å². The predicted octanol–water partition coefficient (Wildman–Crippen LogP) is 1.53. The maximum absolute atomic E-state index is 11.9. The molecule has 1 rings (SSSR count). The minimum Gasteiger partial charge on any atom is -0.481 e. The predicted molar refractivity (Wildman–Crippen MR) is 90.3 cm³/mol. The van der Waals surface area contributed by atoms with Gasteiger partial charge in [-0.25, -0.2) is 13.1 Å². The van der Waals surface area contributed by atoms with Crippen molar-refractivity contribution in [2.75, 3.05) is 13.1 Å². The van der Waals surface area contributed by atoms with E-state index in [9.17, 15) is 18.0 Å². The van der Waals surface area contributed by atoms with Crippen LogP contribution in [0.4, 0.5) is 0 Å². The van der Waals surface area contributed by atoms with Crippen molar-refractivity contribution in [2.45, 2.75) is 30.6 Å². The van der Waals surface area contributed by atoms with Crippen molar-refractivity contribution in [3.63, 3.8) is 0 Å². The number of nitrogens with one attached hydrogen (secondary N) is 2. The Morgan fingerprint density at radius 3 is 2.38 bits per heavy atom. The molecule has 7 nitrogen and oxygen atoms in total. The molecule has 0 unspecified atom stereocenters. The van der Waals surface area contributed by atoms with Crippen LogP contribution in [0.25, 0.3) is 0 Å². The van der Waals surface area contributed by atoms with Crippen LogP contribution in [0, 0.1) is 0 Å². The van der Waals surface area contributed by atoms with Crippen LogP contribution < -0.4 is 10.0 Å². The minimum atomic E-state index is -3.60. The number of hydrogen-bond acceptors (Lipinski definition) is 4. The first-order chi connectivity index (χ1) is 11.4. The van der Waals surface area contributed by atoms with E-state index in [-0.39, 0.29) is 23.8 Å². The van der Waals surface area contributed by atoms with Gasteiger partial charge in [0.05, 0.1) is 4.90 Å². The van der Waals surface area contributed by atoms with Gasteiger partial charge in [0.25, 0.3) is 5.91 Å². The fourth-order valence-corrected chi connectivity index (χ4v) is 2.92. The molecule has 3 N–H and O–H groups in total. The van der Waals surface area contributed by atoms with Crippen molar-refractivity contribution < 1.29 is 23.1 Å². The van der Waals surface area contributed by atoms with E-state index in [4.69, 9.17) is 5.11 Å². The molecule has 0 atom stereocenters. The van der Waals surface area contributed by atoms with E-state index in [0.29, 0.717) is 24.9 Å². The normalized spacial score (nSPS) is 11.0. The van der Waals surface area contributed by atoms with Gasteiger partial charge in [-0.2, -0.15) is 0 Å². The van der Waals surface area contributed by atoms with Crippen molar-refractivity contribution in [2.24, 2.45) is 0 Å². The van der Waals surface area contributed by atoms with E-state index in [1.54, 1.807) is 0 Å². The fourth-order valence-electron chi connectivity index (χ4n) is 1.92. The SMILES string of the molecule is C=CCNS(=O)(=O)c1ccc(C(=O)NCCCCCC(=O)O)cc1. The summed E-state index contributed by atoms with van der Waals surface area (Å²) >= 11 is 0. The lowest BCUT2D eigenvalue weighted by molar-refractivity contribution is -0.137.